The minimum absolute atomic E-state index is 0.135. The molecule has 0 radical (unpaired) electrons. The van der Waals surface area contributed by atoms with Crippen molar-refractivity contribution in [2.75, 3.05) is 25.0 Å². The predicted octanol–water partition coefficient (Wildman–Crippen LogP) is 3.59. The molecule has 0 aliphatic carbocycles. The van der Waals surface area contributed by atoms with E-state index in [0.717, 1.165) is 25.1 Å². The van der Waals surface area contributed by atoms with E-state index in [9.17, 15) is 22.8 Å². The van der Waals surface area contributed by atoms with Crippen LogP contribution in [0.15, 0.2) is 42.6 Å². The van der Waals surface area contributed by atoms with Crippen LogP contribution in [0.3, 0.4) is 0 Å². The van der Waals surface area contributed by atoms with E-state index in [1.165, 1.54) is 18.3 Å². The van der Waals surface area contributed by atoms with Gasteiger partial charge in [0.25, 0.3) is 5.91 Å². The van der Waals surface area contributed by atoms with Crippen LogP contribution < -0.4 is 10.6 Å². The van der Waals surface area contributed by atoms with Crippen molar-refractivity contribution in [1.82, 2.24) is 15.2 Å². The number of halogens is 3. The van der Waals surface area contributed by atoms with Crippen LogP contribution >= 0.6 is 0 Å². The van der Waals surface area contributed by atoms with Crippen molar-refractivity contribution >= 4 is 23.3 Å². The average molecular weight is 406 g/mol. The van der Waals surface area contributed by atoms with Crippen LogP contribution in [0.25, 0.3) is 0 Å². The number of rotatable bonds is 7. The topological polar surface area (TPSA) is 74.3 Å². The number of aromatic nitrogens is 1. The van der Waals surface area contributed by atoms with Gasteiger partial charge in [-0.05, 0) is 43.2 Å². The highest BCUT2D eigenvalue weighted by atomic mass is 19.4. The number of amides is 2. The number of alkyl halides is 3. The van der Waals surface area contributed by atoms with Crippen LogP contribution in [0.1, 0.15) is 35.2 Å². The maximum Gasteiger partial charge on any atom is 0.416 e. The van der Waals surface area contributed by atoms with E-state index in [4.69, 9.17) is 0 Å². The fourth-order valence-electron chi connectivity index (χ4n) is 3.11. The Hall–Kier alpha value is -3.10. The SMILES string of the molecule is O=C(NCCCN1CCCC1=O)c1cccnc1Nc1cccc(C(F)(F)F)c1. The Morgan fingerprint density at radius 2 is 2.03 bits per heavy atom. The molecule has 2 aromatic rings. The molecule has 0 saturated carbocycles. The minimum atomic E-state index is -4.46. The largest absolute Gasteiger partial charge is 0.416 e. The van der Waals surface area contributed by atoms with Gasteiger partial charge in [-0.15, -0.1) is 0 Å². The number of nitrogens with zero attached hydrogens (tertiary/aromatic N) is 2. The smallest absolute Gasteiger partial charge is 0.352 e. The molecule has 1 saturated heterocycles. The molecule has 2 N–H and O–H groups in total. The normalized spacial score (nSPS) is 14.2. The predicted molar refractivity (Wildman–Crippen MR) is 102 cm³/mol. The van der Waals surface area contributed by atoms with E-state index >= 15 is 0 Å². The van der Waals surface area contributed by atoms with Gasteiger partial charge in [-0.2, -0.15) is 13.2 Å². The molecule has 0 unspecified atom stereocenters. The highest BCUT2D eigenvalue weighted by Gasteiger charge is 2.30. The molecule has 2 amide bonds. The summed E-state index contributed by atoms with van der Waals surface area (Å²) in [6.45, 7) is 1.71. The molecule has 2 heterocycles. The maximum absolute atomic E-state index is 12.9. The Morgan fingerprint density at radius 3 is 2.76 bits per heavy atom. The van der Waals surface area contributed by atoms with Crippen molar-refractivity contribution in [1.29, 1.82) is 0 Å². The lowest BCUT2D eigenvalue weighted by atomic mass is 10.2. The number of hydrogen-bond acceptors (Lipinski definition) is 4. The monoisotopic (exact) mass is 406 g/mol. The summed E-state index contributed by atoms with van der Waals surface area (Å²) in [5.74, 6) is -0.0875. The summed E-state index contributed by atoms with van der Waals surface area (Å²) >= 11 is 0. The molecule has 9 heteroatoms. The van der Waals surface area contributed by atoms with Crippen LogP contribution in [0.4, 0.5) is 24.7 Å². The van der Waals surface area contributed by atoms with E-state index in [2.05, 4.69) is 15.6 Å². The van der Waals surface area contributed by atoms with Crippen molar-refractivity contribution < 1.29 is 22.8 Å². The Balaban J connectivity index is 1.61. The van der Waals surface area contributed by atoms with Gasteiger partial charge in [-0.25, -0.2) is 4.98 Å². The molecule has 1 fully saturated rings. The molecule has 29 heavy (non-hydrogen) atoms. The second kappa shape index (κ2) is 8.93. The zero-order valence-electron chi connectivity index (χ0n) is 15.6. The highest BCUT2D eigenvalue weighted by Crippen LogP contribution is 2.31. The Labute approximate surface area is 166 Å². The van der Waals surface area contributed by atoms with Gasteiger partial charge in [0, 0.05) is 37.9 Å². The number of benzene rings is 1. The van der Waals surface area contributed by atoms with E-state index in [1.807, 2.05) is 0 Å². The Kier molecular flexibility index (Phi) is 6.36. The van der Waals surface area contributed by atoms with Gasteiger partial charge < -0.3 is 15.5 Å². The second-order valence-electron chi connectivity index (χ2n) is 6.70. The summed E-state index contributed by atoms with van der Waals surface area (Å²) in [5, 5.41) is 5.54. The molecule has 0 atom stereocenters. The molecule has 154 valence electrons. The molecule has 1 aliphatic rings. The summed E-state index contributed by atoms with van der Waals surface area (Å²) in [6, 6.07) is 7.81. The lowest BCUT2D eigenvalue weighted by Crippen LogP contribution is -2.31. The quantitative estimate of drug-likeness (QED) is 0.690. The molecule has 0 spiro atoms. The van der Waals surface area contributed by atoms with Crippen LogP contribution in [0.2, 0.25) is 0 Å². The van der Waals surface area contributed by atoms with Gasteiger partial charge in [0.15, 0.2) is 0 Å². The van der Waals surface area contributed by atoms with Gasteiger partial charge in [-0.3, -0.25) is 9.59 Å². The van der Waals surface area contributed by atoms with Crippen LogP contribution in [0.5, 0.6) is 0 Å². The van der Waals surface area contributed by atoms with Gasteiger partial charge in [-0.1, -0.05) is 6.07 Å². The number of carbonyl (C=O) groups is 2. The van der Waals surface area contributed by atoms with Crippen molar-refractivity contribution in [3.8, 4) is 0 Å². The number of pyridine rings is 1. The zero-order valence-corrected chi connectivity index (χ0v) is 15.6. The summed E-state index contributed by atoms with van der Waals surface area (Å²) in [5.41, 5.74) is -0.386. The molecule has 6 nitrogen and oxygen atoms in total. The van der Waals surface area contributed by atoms with Crippen molar-refractivity contribution in [3.05, 3.63) is 53.7 Å². The van der Waals surface area contributed by atoms with E-state index in [1.54, 1.807) is 17.0 Å². The third-order valence-corrected chi connectivity index (χ3v) is 4.57. The van der Waals surface area contributed by atoms with Crippen molar-refractivity contribution in [2.45, 2.75) is 25.4 Å². The molecule has 1 aliphatic heterocycles. The summed E-state index contributed by atoms with van der Waals surface area (Å²) in [6.07, 6.45) is -0.948. The Morgan fingerprint density at radius 1 is 1.21 bits per heavy atom. The minimum Gasteiger partial charge on any atom is -0.352 e. The third-order valence-electron chi connectivity index (χ3n) is 4.57. The van der Waals surface area contributed by atoms with Gasteiger partial charge in [0.1, 0.15) is 5.82 Å². The van der Waals surface area contributed by atoms with Crippen molar-refractivity contribution in [2.24, 2.45) is 0 Å². The first kappa shape index (κ1) is 20.6. The first-order valence-electron chi connectivity index (χ1n) is 9.30. The highest BCUT2D eigenvalue weighted by molar-refractivity contribution is 5.99. The van der Waals surface area contributed by atoms with Crippen LogP contribution in [-0.4, -0.2) is 41.3 Å². The fraction of sp³-hybridized carbons (Fsp3) is 0.350. The van der Waals surface area contributed by atoms with Gasteiger partial charge in [0.05, 0.1) is 11.1 Å². The molecule has 3 rings (SSSR count). The standard InChI is InChI=1S/C20H21F3N4O2/c21-20(22,23)14-5-1-6-15(13-14)26-18-16(7-2-9-24-18)19(29)25-10-4-12-27-11-3-8-17(27)28/h1-2,5-7,9,13H,3-4,8,10-12H2,(H,24,26)(H,25,29). The first-order valence-corrected chi connectivity index (χ1v) is 9.30. The summed E-state index contributed by atoms with van der Waals surface area (Å²) < 4.78 is 38.7. The maximum atomic E-state index is 12.9. The third kappa shape index (κ3) is 5.46. The van der Waals surface area contributed by atoms with Crippen LogP contribution in [0, 0.1) is 0 Å². The van der Waals surface area contributed by atoms with Crippen LogP contribution in [-0.2, 0) is 11.0 Å². The molecule has 1 aromatic heterocycles. The first-order chi connectivity index (χ1) is 13.8. The summed E-state index contributed by atoms with van der Waals surface area (Å²) in [4.78, 5) is 29.9. The molecule has 0 bridgehead atoms. The summed E-state index contributed by atoms with van der Waals surface area (Å²) in [7, 11) is 0. The lowest BCUT2D eigenvalue weighted by molar-refractivity contribution is -0.137. The van der Waals surface area contributed by atoms with Gasteiger partial charge in [0.2, 0.25) is 5.91 Å². The zero-order chi connectivity index (χ0) is 20.9. The lowest BCUT2D eigenvalue weighted by Gasteiger charge is -2.16. The number of nitrogens with one attached hydrogen (secondary N) is 2. The van der Waals surface area contributed by atoms with E-state index in [-0.39, 0.29) is 28.9 Å². The second-order valence-corrected chi connectivity index (χ2v) is 6.70. The average Bonchev–Trinajstić information content (AvgIpc) is 3.10. The molecular weight excluding hydrogens is 385 g/mol. The molecule has 1 aromatic carbocycles. The number of anilines is 2. The number of carbonyl (C=O) groups excluding carboxylic acids is 2. The number of likely N-dealkylation sites (tertiary alicyclic amines) is 1. The van der Waals surface area contributed by atoms with E-state index in [0.29, 0.717) is 25.9 Å². The van der Waals surface area contributed by atoms with Gasteiger partial charge >= 0.3 is 6.18 Å². The number of hydrogen-bond donors (Lipinski definition) is 2. The van der Waals surface area contributed by atoms with E-state index < -0.39 is 11.7 Å². The fourth-order valence-corrected chi connectivity index (χ4v) is 3.11. The Bertz CT molecular complexity index is 886. The van der Waals surface area contributed by atoms with Crippen molar-refractivity contribution in [3.63, 3.8) is 0 Å². The molecular formula is C20H21F3N4O2.